The zero-order chi connectivity index (χ0) is 15.4. The van der Waals surface area contributed by atoms with Gasteiger partial charge in [-0.2, -0.15) is 0 Å². The standard InChI is InChI=1S/C18H19ClN2O/c1-14-12-18(21-8-10-22-11-9-21)7-2-15(14)13-20-17-5-3-16(19)4-6-17/h2-7,12-13H,8-11H2,1H3. The fourth-order valence-corrected chi connectivity index (χ4v) is 2.62. The lowest BCUT2D eigenvalue weighted by Gasteiger charge is -2.29. The average molecular weight is 315 g/mol. The first kappa shape index (κ1) is 15.1. The van der Waals surface area contributed by atoms with Gasteiger partial charge >= 0.3 is 0 Å². The number of hydrogen-bond acceptors (Lipinski definition) is 3. The molecule has 1 saturated heterocycles. The van der Waals surface area contributed by atoms with E-state index in [4.69, 9.17) is 16.3 Å². The third-order valence-electron chi connectivity index (χ3n) is 3.81. The van der Waals surface area contributed by atoms with Gasteiger partial charge in [-0.1, -0.05) is 17.7 Å². The van der Waals surface area contributed by atoms with Crippen molar-refractivity contribution in [1.29, 1.82) is 0 Å². The normalized spacial score (nSPS) is 15.5. The molecule has 0 saturated carbocycles. The lowest BCUT2D eigenvalue weighted by atomic mass is 10.1. The molecule has 0 radical (unpaired) electrons. The van der Waals surface area contributed by atoms with Crippen LogP contribution in [0.3, 0.4) is 0 Å². The summed E-state index contributed by atoms with van der Waals surface area (Å²) in [6, 6.07) is 14.0. The number of anilines is 1. The minimum atomic E-state index is 0.727. The number of hydrogen-bond donors (Lipinski definition) is 0. The first-order valence-corrected chi connectivity index (χ1v) is 7.83. The van der Waals surface area contributed by atoms with E-state index in [-0.39, 0.29) is 0 Å². The van der Waals surface area contributed by atoms with Crippen molar-refractivity contribution in [3.63, 3.8) is 0 Å². The van der Waals surface area contributed by atoms with E-state index in [1.807, 2.05) is 30.5 Å². The minimum Gasteiger partial charge on any atom is -0.378 e. The first-order valence-electron chi connectivity index (χ1n) is 7.45. The first-order chi connectivity index (χ1) is 10.7. The minimum absolute atomic E-state index is 0.727. The Hall–Kier alpha value is -1.84. The zero-order valence-electron chi connectivity index (χ0n) is 12.6. The molecule has 1 aliphatic rings. The molecule has 0 spiro atoms. The number of aryl methyl sites for hydroxylation is 1. The molecule has 22 heavy (non-hydrogen) atoms. The monoisotopic (exact) mass is 314 g/mol. The number of rotatable bonds is 3. The molecule has 0 atom stereocenters. The molecule has 2 aromatic carbocycles. The summed E-state index contributed by atoms with van der Waals surface area (Å²) in [5.74, 6) is 0. The van der Waals surface area contributed by atoms with Gasteiger partial charge in [-0.25, -0.2) is 0 Å². The van der Waals surface area contributed by atoms with Crippen molar-refractivity contribution in [1.82, 2.24) is 0 Å². The Bertz CT molecular complexity index is 661. The second kappa shape index (κ2) is 6.95. The van der Waals surface area contributed by atoms with Crippen molar-refractivity contribution in [2.75, 3.05) is 31.2 Å². The summed E-state index contributed by atoms with van der Waals surface area (Å²) in [4.78, 5) is 6.86. The van der Waals surface area contributed by atoms with Gasteiger partial charge in [0.05, 0.1) is 18.9 Å². The maximum Gasteiger partial charge on any atom is 0.0642 e. The van der Waals surface area contributed by atoms with Crippen molar-refractivity contribution in [3.8, 4) is 0 Å². The Kier molecular flexibility index (Phi) is 4.76. The highest BCUT2D eigenvalue weighted by Crippen LogP contribution is 2.21. The van der Waals surface area contributed by atoms with Gasteiger partial charge in [0.15, 0.2) is 0 Å². The van der Waals surface area contributed by atoms with Crippen LogP contribution in [0.1, 0.15) is 11.1 Å². The summed E-state index contributed by atoms with van der Waals surface area (Å²) < 4.78 is 5.40. The van der Waals surface area contributed by atoms with Gasteiger partial charge < -0.3 is 9.64 Å². The lowest BCUT2D eigenvalue weighted by Crippen LogP contribution is -2.36. The summed E-state index contributed by atoms with van der Waals surface area (Å²) in [6.45, 7) is 5.64. The summed E-state index contributed by atoms with van der Waals surface area (Å²) in [7, 11) is 0. The highest BCUT2D eigenvalue weighted by atomic mass is 35.5. The molecular formula is C18H19ClN2O. The zero-order valence-corrected chi connectivity index (χ0v) is 13.4. The molecule has 0 N–H and O–H groups in total. The molecular weight excluding hydrogens is 296 g/mol. The van der Waals surface area contributed by atoms with Crippen LogP contribution in [0.15, 0.2) is 47.5 Å². The fraction of sp³-hybridized carbons (Fsp3) is 0.278. The molecule has 1 aliphatic heterocycles. The van der Waals surface area contributed by atoms with Gasteiger partial charge in [0.2, 0.25) is 0 Å². The van der Waals surface area contributed by atoms with Gasteiger partial charge in [0.1, 0.15) is 0 Å². The van der Waals surface area contributed by atoms with Crippen molar-refractivity contribution < 1.29 is 4.74 Å². The number of aliphatic imine (C=N–C) groups is 1. The Morgan fingerprint density at radius 1 is 1.09 bits per heavy atom. The summed E-state index contributed by atoms with van der Waals surface area (Å²) >= 11 is 5.88. The van der Waals surface area contributed by atoms with Crippen LogP contribution in [0.5, 0.6) is 0 Å². The Morgan fingerprint density at radius 2 is 1.82 bits per heavy atom. The third kappa shape index (κ3) is 3.67. The maximum atomic E-state index is 5.88. The highest BCUT2D eigenvalue weighted by Gasteiger charge is 2.11. The lowest BCUT2D eigenvalue weighted by molar-refractivity contribution is 0.122. The molecule has 0 aliphatic carbocycles. The van der Waals surface area contributed by atoms with Crippen molar-refractivity contribution in [2.24, 2.45) is 4.99 Å². The summed E-state index contributed by atoms with van der Waals surface area (Å²) in [5, 5.41) is 0.727. The second-order valence-corrected chi connectivity index (χ2v) is 5.81. The van der Waals surface area contributed by atoms with E-state index in [2.05, 4.69) is 35.0 Å². The van der Waals surface area contributed by atoms with Gasteiger partial charge in [-0.15, -0.1) is 0 Å². The number of ether oxygens (including phenoxy) is 1. The number of halogens is 1. The van der Waals surface area contributed by atoms with E-state index in [0.29, 0.717) is 0 Å². The topological polar surface area (TPSA) is 24.8 Å². The van der Waals surface area contributed by atoms with Crippen LogP contribution in [-0.4, -0.2) is 32.5 Å². The van der Waals surface area contributed by atoms with E-state index >= 15 is 0 Å². The van der Waals surface area contributed by atoms with E-state index in [1.165, 1.54) is 11.3 Å². The van der Waals surface area contributed by atoms with Crippen LogP contribution in [-0.2, 0) is 4.74 Å². The van der Waals surface area contributed by atoms with Crippen molar-refractivity contribution >= 4 is 29.2 Å². The van der Waals surface area contributed by atoms with E-state index in [9.17, 15) is 0 Å². The molecule has 1 fully saturated rings. The molecule has 0 bridgehead atoms. The quantitative estimate of drug-likeness (QED) is 0.792. The molecule has 4 heteroatoms. The van der Waals surface area contributed by atoms with Gasteiger partial charge in [-0.3, -0.25) is 4.99 Å². The number of benzene rings is 2. The predicted molar refractivity (Wildman–Crippen MR) is 92.9 cm³/mol. The van der Waals surface area contributed by atoms with Crippen LogP contribution in [0.2, 0.25) is 5.02 Å². The number of morpholine rings is 1. The van der Waals surface area contributed by atoms with E-state index < -0.39 is 0 Å². The Balaban J connectivity index is 1.75. The predicted octanol–water partition coefficient (Wildman–Crippen LogP) is 4.24. The molecule has 1 heterocycles. The van der Waals surface area contributed by atoms with Crippen molar-refractivity contribution in [2.45, 2.75) is 6.92 Å². The van der Waals surface area contributed by atoms with Gasteiger partial charge in [0.25, 0.3) is 0 Å². The molecule has 0 amide bonds. The molecule has 3 rings (SSSR count). The smallest absolute Gasteiger partial charge is 0.0642 e. The molecule has 2 aromatic rings. The SMILES string of the molecule is Cc1cc(N2CCOCC2)ccc1C=Nc1ccc(Cl)cc1. The molecule has 114 valence electrons. The van der Waals surface area contributed by atoms with Crippen LogP contribution < -0.4 is 4.90 Å². The Morgan fingerprint density at radius 3 is 2.50 bits per heavy atom. The number of nitrogens with zero attached hydrogens (tertiary/aromatic N) is 2. The molecule has 0 unspecified atom stereocenters. The fourth-order valence-electron chi connectivity index (χ4n) is 2.49. The van der Waals surface area contributed by atoms with Crippen LogP contribution >= 0.6 is 11.6 Å². The van der Waals surface area contributed by atoms with E-state index in [1.54, 1.807) is 0 Å². The van der Waals surface area contributed by atoms with E-state index in [0.717, 1.165) is 42.6 Å². The average Bonchev–Trinajstić information content (AvgIpc) is 2.56. The second-order valence-electron chi connectivity index (χ2n) is 5.37. The highest BCUT2D eigenvalue weighted by molar-refractivity contribution is 6.30. The largest absolute Gasteiger partial charge is 0.378 e. The Labute approximate surface area is 136 Å². The summed E-state index contributed by atoms with van der Waals surface area (Å²) in [6.07, 6.45) is 1.90. The van der Waals surface area contributed by atoms with Crippen LogP contribution in [0.25, 0.3) is 0 Å². The third-order valence-corrected chi connectivity index (χ3v) is 4.06. The van der Waals surface area contributed by atoms with Crippen LogP contribution in [0.4, 0.5) is 11.4 Å². The van der Waals surface area contributed by atoms with Gasteiger partial charge in [-0.05, 0) is 54.4 Å². The van der Waals surface area contributed by atoms with Crippen LogP contribution in [0, 0.1) is 6.92 Å². The molecule has 0 aromatic heterocycles. The van der Waals surface area contributed by atoms with Crippen molar-refractivity contribution in [3.05, 3.63) is 58.6 Å². The molecule has 3 nitrogen and oxygen atoms in total. The maximum absolute atomic E-state index is 5.88. The van der Waals surface area contributed by atoms with Gasteiger partial charge in [0, 0.05) is 30.0 Å². The summed E-state index contributed by atoms with van der Waals surface area (Å²) in [5.41, 5.74) is 4.51.